The lowest BCUT2D eigenvalue weighted by atomic mass is 10.1. The van der Waals surface area contributed by atoms with E-state index < -0.39 is 5.97 Å². The molecule has 1 amide bonds. The predicted molar refractivity (Wildman–Crippen MR) is 108 cm³/mol. The highest BCUT2D eigenvalue weighted by Gasteiger charge is 2.30. The highest BCUT2D eigenvalue weighted by atomic mass is 32.2. The predicted octanol–water partition coefficient (Wildman–Crippen LogP) is 2.52. The van der Waals surface area contributed by atoms with Crippen LogP contribution in [0.5, 0.6) is 0 Å². The topological polar surface area (TPSA) is 90.2 Å². The molecule has 2 heterocycles. The highest BCUT2D eigenvalue weighted by molar-refractivity contribution is 7.99. The van der Waals surface area contributed by atoms with E-state index in [1.165, 1.54) is 24.4 Å². The summed E-state index contributed by atoms with van der Waals surface area (Å²) in [6.07, 6.45) is 0.858. The number of hydrogen-bond donors (Lipinski definition) is 0. The van der Waals surface area contributed by atoms with Gasteiger partial charge in [-0.3, -0.25) is 4.79 Å². The van der Waals surface area contributed by atoms with Crippen molar-refractivity contribution in [3.8, 4) is 5.69 Å². The molecule has 1 atom stereocenters. The van der Waals surface area contributed by atoms with Crippen molar-refractivity contribution in [2.45, 2.75) is 24.5 Å². The molecule has 0 radical (unpaired) electrons. The number of hydrogen-bond acceptors (Lipinski definition) is 7. The van der Waals surface area contributed by atoms with Crippen LogP contribution in [0.2, 0.25) is 0 Å². The summed E-state index contributed by atoms with van der Waals surface area (Å²) in [6.45, 7) is 2.05. The van der Waals surface area contributed by atoms with E-state index in [0.717, 1.165) is 12.1 Å². The Morgan fingerprint density at radius 3 is 2.69 bits per heavy atom. The fraction of sp³-hybridized carbons (Fsp3) is 0.250. The lowest BCUT2D eigenvalue weighted by Gasteiger charge is -2.22. The molecule has 1 unspecified atom stereocenters. The molecule has 9 heteroatoms. The van der Waals surface area contributed by atoms with Gasteiger partial charge < -0.3 is 9.64 Å². The molecule has 0 spiro atoms. The first kappa shape index (κ1) is 19.1. The Morgan fingerprint density at radius 2 is 1.93 bits per heavy atom. The highest BCUT2D eigenvalue weighted by Crippen LogP contribution is 2.32. The third-order valence-corrected chi connectivity index (χ3v) is 5.68. The Bertz CT molecular complexity index is 1050. The molecule has 2 aromatic carbocycles. The molecule has 8 nitrogen and oxygen atoms in total. The van der Waals surface area contributed by atoms with Crippen molar-refractivity contribution >= 4 is 29.3 Å². The third-order valence-electron chi connectivity index (χ3n) is 4.77. The summed E-state index contributed by atoms with van der Waals surface area (Å²) < 4.78 is 6.25. The van der Waals surface area contributed by atoms with Crippen molar-refractivity contribution < 1.29 is 14.3 Å². The molecule has 0 aliphatic carbocycles. The smallest absolute Gasteiger partial charge is 0.337 e. The number of tetrazole rings is 1. The quantitative estimate of drug-likeness (QED) is 0.472. The Labute approximate surface area is 171 Å². The standard InChI is InChI=1S/C20H19N5O3S/c1-13-11-15-5-3-4-6-17(15)24(13)18(26)12-29-20-21-22-23-25(20)16-9-7-14(8-10-16)19(27)28-2/h3-10,13H,11-12H2,1-2H3. The van der Waals surface area contributed by atoms with Gasteiger partial charge in [-0.1, -0.05) is 30.0 Å². The Balaban J connectivity index is 1.47. The molecule has 4 rings (SSSR count). The first-order chi connectivity index (χ1) is 14.1. The van der Waals surface area contributed by atoms with Gasteiger partial charge in [0.1, 0.15) is 0 Å². The summed E-state index contributed by atoms with van der Waals surface area (Å²) in [4.78, 5) is 26.3. The van der Waals surface area contributed by atoms with Gasteiger partial charge in [0.2, 0.25) is 11.1 Å². The van der Waals surface area contributed by atoms with Gasteiger partial charge in [0.15, 0.2) is 0 Å². The number of amides is 1. The van der Waals surface area contributed by atoms with Crippen LogP contribution in [-0.2, 0) is 16.0 Å². The van der Waals surface area contributed by atoms with Gasteiger partial charge in [-0.2, -0.15) is 4.68 Å². The molecule has 148 valence electrons. The first-order valence-corrected chi connectivity index (χ1v) is 10.1. The zero-order valence-electron chi connectivity index (χ0n) is 16.0. The maximum absolute atomic E-state index is 12.9. The summed E-state index contributed by atoms with van der Waals surface area (Å²) >= 11 is 1.28. The number of esters is 1. The number of para-hydroxylation sites is 1. The molecular formula is C20H19N5O3S. The normalized spacial score (nSPS) is 15.2. The van der Waals surface area contributed by atoms with E-state index in [-0.39, 0.29) is 17.7 Å². The number of fused-ring (bicyclic) bond motifs is 1. The van der Waals surface area contributed by atoms with Crippen LogP contribution in [-0.4, -0.2) is 51.0 Å². The van der Waals surface area contributed by atoms with Gasteiger partial charge in [0.05, 0.1) is 24.1 Å². The summed E-state index contributed by atoms with van der Waals surface area (Å²) in [5, 5.41) is 12.3. The summed E-state index contributed by atoms with van der Waals surface area (Å²) in [6, 6.07) is 14.9. The molecule has 0 saturated carbocycles. The molecule has 0 bridgehead atoms. The van der Waals surface area contributed by atoms with Crippen LogP contribution < -0.4 is 4.90 Å². The first-order valence-electron chi connectivity index (χ1n) is 9.08. The van der Waals surface area contributed by atoms with Gasteiger partial charge in [0, 0.05) is 11.7 Å². The molecule has 3 aromatic rings. The van der Waals surface area contributed by atoms with E-state index in [2.05, 4.69) is 28.5 Å². The fourth-order valence-electron chi connectivity index (χ4n) is 3.43. The Hall–Kier alpha value is -3.20. The minimum Gasteiger partial charge on any atom is -0.465 e. The number of carbonyl (C=O) groups is 2. The summed E-state index contributed by atoms with van der Waals surface area (Å²) in [7, 11) is 1.34. The van der Waals surface area contributed by atoms with Gasteiger partial charge in [-0.15, -0.1) is 5.10 Å². The van der Waals surface area contributed by atoms with Gasteiger partial charge in [-0.25, -0.2) is 4.79 Å². The van der Waals surface area contributed by atoms with Crippen LogP contribution in [0.1, 0.15) is 22.8 Å². The van der Waals surface area contributed by atoms with E-state index in [0.29, 0.717) is 16.4 Å². The molecule has 1 aliphatic rings. The number of methoxy groups -OCH3 is 1. The maximum atomic E-state index is 12.9. The van der Waals surface area contributed by atoms with Crippen LogP contribution >= 0.6 is 11.8 Å². The number of anilines is 1. The van der Waals surface area contributed by atoms with Crippen molar-refractivity contribution in [2.24, 2.45) is 0 Å². The molecule has 1 aliphatic heterocycles. The lowest BCUT2D eigenvalue weighted by molar-refractivity contribution is -0.116. The fourth-order valence-corrected chi connectivity index (χ4v) is 4.18. The second-order valence-corrected chi connectivity index (χ2v) is 7.59. The second-order valence-electron chi connectivity index (χ2n) is 6.65. The Kier molecular flexibility index (Phi) is 5.30. The number of thioether (sulfide) groups is 1. The number of aromatic nitrogens is 4. The number of rotatable bonds is 5. The summed E-state index contributed by atoms with van der Waals surface area (Å²) in [5.41, 5.74) is 3.30. The van der Waals surface area contributed by atoms with E-state index in [1.54, 1.807) is 28.9 Å². The number of ether oxygens (including phenoxy) is 1. The SMILES string of the molecule is COC(=O)c1ccc(-n2nnnc2SCC(=O)N2c3ccccc3CC2C)cc1. The van der Waals surface area contributed by atoms with Crippen LogP contribution in [0.3, 0.4) is 0 Å². The average molecular weight is 409 g/mol. The number of benzene rings is 2. The lowest BCUT2D eigenvalue weighted by Crippen LogP contribution is -2.37. The van der Waals surface area contributed by atoms with Crippen molar-refractivity contribution in [1.82, 2.24) is 20.2 Å². The zero-order valence-corrected chi connectivity index (χ0v) is 16.8. The van der Waals surface area contributed by atoms with Gasteiger partial charge in [0.25, 0.3) is 0 Å². The van der Waals surface area contributed by atoms with Crippen molar-refractivity contribution in [1.29, 1.82) is 0 Å². The molecule has 0 fully saturated rings. The molecule has 29 heavy (non-hydrogen) atoms. The van der Waals surface area contributed by atoms with E-state index in [4.69, 9.17) is 4.74 Å². The van der Waals surface area contributed by atoms with E-state index in [1.807, 2.05) is 23.1 Å². The van der Waals surface area contributed by atoms with Crippen molar-refractivity contribution in [2.75, 3.05) is 17.8 Å². The minimum absolute atomic E-state index is 0.0167. The van der Waals surface area contributed by atoms with E-state index >= 15 is 0 Å². The Morgan fingerprint density at radius 1 is 1.17 bits per heavy atom. The molecule has 0 saturated heterocycles. The largest absolute Gasteiger partial charge is 0.465 e. The second kappa shape index (κ2) is 8.04. The molecular weight excluding hydrogens is 390 g/mol. The minimum atomic E-state index is -0.409. The van der Waals surface area contributed by atoms with Crippen molar-refractivity contribution in [3.05, 3.63) is 59.7 Å². The zero-order chi connectivity index (χ0) is 20.4. The number of nitrogens with zero attached hydrogens (tertiary/aromatic N) is 5. The van der Waals surface area contributed by atoms with Crippen molar-refractivity contribution in [3.63, 3.8) is 0 Å². The molecule has 0 N–H and O–H groups in total. The van der Waals surface area contributed by atoms with Crippen LogP contribution in [0.25, 0.3) is 5.69 Å². The third kappa shape index (κ3) is 3.73. The van der Waals surface area contributed by atoms with Crippen LogP contribution in [0.15, 0.2) is 53.7 Å². The van der Waals surface area contributed by atoms with Crippen LogP contribution in [0.4, 0.5) is 5.69 Å². The van der Waals surface area contributed by atoms with Crippen LogP contribution in [0, 0.1) is 0 Å². The number of carbonyl (C=O) groups excluding carboxylic acids is 2. The van der Waals surface area contributed by atoms with Gasteiger partial charge in [-0.05, 0) is 59.7 Å². The summed E-state index contributed by atoms with van der Waals surface area (Å²) in [5.74, 6) is -0.171. The van der Waals surface area contributed by atoms with E-state index in [9.17, 15) is 9.59 Å². The average Bonchev–Trinajstić information content (AvgIpc) is 3.35. The van der Waals surface area contributed by atoms with Gasteiger partial charge >= 0.3 is 5.97 Å². The maximum Gasteiger partial charge on any atom is 0.337 e. The monoisotopic (exact) mass is 409 g/mol. The molecule has 1 aromatic heterocycles.